The standard InChI is InChI=1S/C15H12N2O6/c1-15(14(18)19,10-4-2-6-12(8-10)16(20)21)11-5-3-7-13(9-11)17(22)23/h2-9H,1H3,(H,18,19). The van der Waals surface area contributed by atoms with Crippen molar-refractivity contribution < 1.29 is 19.7 Å². The summed E-state index contributed by atoms with van der Waals surface area (Å²) >= 11 is 0. The normalized spacial score (nSPS) is 11.0. The van der Waals surface area contributed by atoms with Crippen molar-refractivity contribution in [1.82, 2.24) is 0 Å². The first-order valence-corrected chi connectivity index (χ1v) is 6.50. The zero-order chi connectivity index (χ0) is 17.2. The van der Waals surface area contributed by atoms with Gasteiger partial charge in [0.25, 0.3) is 11.4 Å². The van der Waals surface area contributed by atoms with Crippen molar-refractivity contribution in [1.29, 1.82) is 0 Å². The van der Waals surface area contributed by atoms with Crippen LogP contribution in [0, 0.1) is 20.2 Å². The van der Waals surface area contributed by atoms with Gasteiger partial charge in [-0.05, 0) is 18.1 Å². The van der Waals surface area contributed by atoms with Gasteiger partial charge in [-0.2, -0.15) is 0 Å². The van der Waals surface area contributed by atoms with Crippen LogP contribution < -0.4 is 0 Å². The molecule has 8 nitrogen and oxygen atoms in total. The maximum absolute atomic E-state index is 11.8. The molecule has 0 fully saturated rings. The third-order valence-electron chi connectivity index (χ3n) is 3.70. The highest BCUT2D eigenvalue weighted by atomic mass is 16.6. The van der Waals surface area contributed by atoms with E-state index in [0.717, 1.165) is 12.1 Å². The first-order valence-electron chi connectivity index (χ1n) is 6.50. The number of carbonyl (C=O) groups is 1. The van der Waals surface area contributed by atoms with Crippen molar-refractivity contribution in [2.45, 2.75) is 12.3 Å². The molecule has 0 saturated heterocycles. The third-order valence-corrected chi connectivity index (χ3v) is 3.70. The second-order valence-corrected chi connectivity index (χ2v) is 5.05. The molecule has 1 N–H and O–H groups in total. The number of aliphatic carboxylic acids is 1. The van der Waals surface area contributed by atoms with Gasteiger partial charge in [-0.15, -0.1) is 0 Å². The van der Waals surface area contributed by atoms with Crippen LogP contribution in [0.4, 0.5) is 11.4 Å². The van der Waals surface area contributed by atoms with E-state index in [1.807, 2.05) is 0 Å². The molecule has 0 unspecified atom stereocenters. The van der Waals surface area contributed by atoms with Gasteiger partial charge in [-0.25, -0.2) is 0 Å². The number of nitro benzene ring substituents is 2. The lowest BCUT2D eigenvalue weighted by Crippen LogP contribution is -2.33. The summed E-state index contributed by atoms with van der Waals surface area (Å²) in [6, 6.07) is 10.5. The average molecular weight is 316 g/mol. The minimum atomic E-state index is -1.65. The van der Waals surface area contributed by atoms with Crippen molar-refractivity contribution in [2.75, 3.05) is 0 Å². The van der Waals surface area contributed by atoms with Crippen molar-refractivity contribution >= 4 is 17.3 Å². The molecular weight excluding hydrogens is 304 g/mol. The van der Waals surface area contributed by atoms with E-state index in [9.17, 15) is 30.1 Å². The Morgan fingerprint density at radius 3 is 1.65 bits per heavy atom. The quantitative estimate of drug-likeness (QED) is 0.668. The number of carboxylic acids is 1. The lowest BCUT2D eigenvalue weighted by molar-refractivity contribution is -0.385. The molecule has 2 aromatic rings. The highest BCUT2D eigenvalue weighted by Gasteiger charge is 2.38. The van der Waals surface area contributed by atoms with Crippen molar-refractivity contribution in [2.24, 2.45) is 0 Å². The van der Waals surface area contributed by atoms with E-state index < -0.39 is 21.2 Å². The van der Waals surface area contributed by atoms with Crippen molar-refractivity contribution in [3.05, 3.63) is 79.9 Å². The number of carboxylic acid groups (broad SMARTS) is 1. The van der Waals surface area contributed by atoms with E-state index >= 15 is 0 Å². The maximum Gasteiger partial charge on any atom is 0.318 e. The van der Waals surface area contributed by atoms with Gasteiger partial charge >= 0.3 is 5.97 Å². The van der Waals surface area contributed by atoms with Gasteiger partial charge in [-0.3, -0.25) is 25.0 Å². The predicted octanol–water partition coefficient (Wildman–Crippen LogP) is 2.89. The van der Waals surface area contributed by atoms with Crippen LogP contribution in [0.1, 0.15) is 18.1 Å². The molecular formula is C15H12N2O6. The molecule has 0 radical (unpaired) electrons. The summed E-state index contributed by atoms with van der Waals surface area (Å²) in [7, 11) is 0. The van der Waals surface area contributed by atoms with Crippen LogP contribution in [-0.4, -0.2) is 20.9 Å². The molecule has 0 aromatic heterocycles. The SMILES string of the molecule is CC(C(=O)O)(c1cccc([N+](=O)[O-])c1)c1cccc([N+](=O)[O-])c1. The van der Waals surface area contributed by atoms with Crippen LogP contribution in [0.3, 0.4) is 0 Å². The lowest BCUT2D eigenvalue weighted by Gasteiger charge is -2.25. The predicted molar refractivity (Wildman–Crippen MR) is 80.3 cm³/mol. The molecule has 2 rings (SSSR count). The summed E-state index contributed by atoms with van der Waals surface area (Å²) < 4.78 is 0. The minimum absolute atomic E-state index is 0.166. The number of hydrogen-bond acceptors (Lipinski definition) is 5. The van der Waals surface area contributed by atoms with E-state index in [1.165, 1.54) is 43.3 Å². The van der Waals surface area contributed by atoms with Crippen molar-refractivity contribution in [3.8, 4) is 0 Å². The number of nitrogens with zero attached hydrogens (tertiary/aromatic N) is 2. The molecule has 0 heterocycles. The Bertz CT molecular complexity index is 745. The largest absolute Gasteiger partial charge is 0.480 e. The van der Waals surface area contributed by atoms with Gasteiger partial charge in [-0.1, -0.05) is 24.3 Å². The molecule has 8 heteroatoms. The van der Waals surface area contributed by atoms with Gasteiger partial charge in [0, 0.05) is 24.3 Å². The summed E-state index contributed by atoms with van der Waals surface area (Å²) in [4.78, 5) is 32.4. The Hall–Kier alpha value is -3.29. The van der Waals surface area contributed by atoms with Gasteiger partial charge in [0.1, 0.15) is 5.41 Å². The first-order chi connectivity index (χ1) is 10.8. The summed E-state index contributed by atoms with van der Waals surface area (Å²) in [5, 5.41) is 31.5. The number of benzene rings is 2. The molecule has 118 valence electrons. The van der Waals surface area contributed by atoms with Crippen LogP contribution >= 0.6 is 0 Å². The summed E-state index contributed by atoms with van der Waals surface area (Å²) in [5.74, 6) is -1.27. The monoisotopic (exact) mass is 316 g/mol. The van der Waals surface area contributed by atoms with E-state index in [0.29, 0.717) is 0 Å². The highest BCUT2D eigenvalue weighted by molar-refractivity contribution is 5.86. The Morgan fingerprint density at radius 1 is 0.957 bits per heavy atom. The fourth-order valence-corrected chi connectivity index (χ4v) is 2.27. The average Bonchev–Trinajstić information content (AvgIpc) is 2.54. The van der Waals surface area contributed by atoms with E-state index in [1.54, 1.807) is 0 Å². The molecule has 0 amide bonds. The first kappa shape index (κ1) is 16.1. The number of rotatable bonds is 5. The van der Waals surface area contributed by atoms with E-state index in [4.69, 9.17) is 0 Å². The van der Waals surface area contributed by atoms with Crippen LogP contribution in [0.15, 0.2) is 48.5 Å². The molecule has 0 aliphatic rings. The van der Waals surface area contributed by atoms with E-state index in [2.05, 4.69) is 0 Å². The topological polar surface area (TPSA) is 124 Å². The van der Waals surface area contributed by atoms with Crippen LogP contribution in [-0.2, 0) is 10.2 Å². The van der Waals surface area contributed by atoms with Crippen LogP contribution in [0.5, 0.6) is 0 Å². The fourth-order valence-electron chi connectivity index (χ4n) is 2.27. The Balaban J connectivity index is 2.67. The third kappa shape index (κ3) is 2.86. The zero-order valence-corrected chi connectivity index (χ0v) is 12.0. The minimum Gasteiger partial charge on any atom is -0.480 e. The van der Waals surface area contributed by atoms with Gasteiger partial charge in [0.05, 0.1) is 9.85 Å². The molecule has 0 saturated carbocycles. The van der Waals surface area contributed by atoms with Gasteiger partial charge in [0.15, 0.2) is 0 Å². The Kier molecular flexibility index (Phi) is 4.08. The summed E-state index contributed by atoms with van der Waals surface area (Å²) in [5.41, 5.74) is -1.82. The van der Waals surface area contributed by atoms with Crippen LogP contribution in [0.25, 0.3) is 0 Å². The molecule has 0 spiro atoms. The molecule has 0 atom stereocenters. The second kappa shape index (κ2) is 5.84. The zero-order valence-electron chi connectivity index (χ0n) is 12.0. The highest BCUT2D eigenvalue weighted by Crippen LogP contribution is 2.35. The molecule has 0 aliphatic carbocycles. The Labute approximate surface area is 130 Å². The number of hydrogen-bond donors (Lipinski definition) is 1. The van der Waals surface area contributed by atoms with Gasteiger partial charge < -0.3 is 5.11 Å². The summed E-state index contributed by atoms with van der Waals surface area (Å²) in [6.07, 6.45) is 0. The molecule has 0 bridgehead atoms. The van der Waals surface area contributed by atoms with E-state index in [-0.39, 0.29) is 22.5 Å². The smallest absolute Gasteiger partial charge is 0.318 e. The molecule has 23 heavy (non-hydrogen) atoms. The maximum atomic E-state index is 11.8. The summed E-state index contributed by atoms with van der Waals surface area (Å²) in [6.45, 7) is 1.35. The lowest BCUT2D eigenvalue weighted by atomic mass is 9.76. The number of nitro groups is 2. The Morgan fingerprint density at radius 2 is 1.35 bits per heavy atom. The second-order valence-electron chi connectivity index (χ2n) is 5.05. The molecule has 2 aromatic carbocycles. The van der Waals surface area contributed by atoms with Crippen molar-refractivity contribution in [3.63, 3.8) is 0 Å². The van der Waals surface area contributed by atoms with Gasteiger partial charge in [0.2, 0.25) is 0 Å². The molecule has 0 aliphatic heterocycles. The fraction of sp³-hybridized carbons (Fsp3) is 0.133. The number of non-ortho nitro benzene ring substituents is 2. The van der Waals surface area contributed by atoms with Crippen LogP contribution in [0.2, 0.25) is 0 Å².